The summed E-state index contributed by atoms with van der Waals surface area (Å²) in [5, 5.41) is 12.6. The van der Waals surface area contributed by atoms with Gasteiger partial charge in [0.1, 0.15) is 6.07 Å². The molecule has 2 nitrogen and oxygen atoms in total. The normalized spacial score (nSPS) is 20.7. The van der Waals surface area contributed by atoms with Gasteiger partial charge < -0.3 is 5.32 Å². The molecule has 2 saturated carbocycles. The van der Waals surface area contributed by atoms with E-state index < -0.39 is 0 Å². The summed E-state index contributed by atoms with van der Waals surface area (Å²) in [6.45, 7) is 1.03. The molecule has 0 radical (unpaired) electrons. The van der Waals surface area contributed by atoms with Gasteiger partial charge in [-0.3, -0.25) is 0 Å². The third-order valence-electron chi connectivity index (χ3n) is 4.09. The predicted octanol–water partition coefficient (Wildman–Crippen LogP) is 3.92. The Morgan fingerprint density at radius 2 is 2.18 bits per heavy atom. The fourth-order valence-corrected chi connectivity index (χ4v) is 3.10. The summed E-state index contributed by atoms with van der Waals surface area (Å²) in [7, 11) is 0. The fourth-order valence-electron chi connectivity index (χ4n) is 2.64. The topological polar surface area (TPSA) is 35.8 Å². The first-order valence-electron chi connectivity index (χ1n) is 6.18. The largest absolute Gasteiger partial charge is 0.383 e. The number of nitrogens with zero attached hydrogens (tertiary/aromatic N) is 1. The van der Waals surface area contributed by atoms with Crippen molar-refractivity contribution in [1.82, 2.24) is 0 Å². The number of rotatable bonds is 4. The lowest BCUT2D eigenvalue weighted by atomic mass is 10.0. The first-order valence-corrected chi connectivity index (χ1v) is 6.97. The van der Waals surface area contributed by atoms with Gasteiger partial charge in [0.05, 0.1) is 11.3 Å². The van der Waals surface area contributed by atoms with E-state index in [9.17, 15) is 0 Å². The summed E-state index contributed by atoms with van der Waals surface area (Å²) in [4.78, 5) is 0. The van der Waals surface area contributed by atoms with Crippen LogP contribution in [0.1, 0.15) is 31.2 Å². The van der Waals surface area contributed by atoms with Crippen molar-refractivity contribution in [2.45, 2.75) is 25.7 Å². The van der Waals surface area contributed by atoms with E-state index >= 15 is 0 Å². The second kappa shape index (κ2) is 4.03. The molecular weight excluding hydrogens is 276 g/mol. The van der Waals surface area contributed by atoms with Gasteiger partial charge in [-0.05, 0) is 65.1 Å². The number of nitrogens with one attached hydrogen (secondary N) is 1. The third kappa shape index (κ3) is 2.07. The summed E-state index contributed by atoms with van der Waals surface area (Å²) in [6.07, 6.45) is 5.54. The molecule has 3 rings (SSSR count). The molecule has 88 valence electrons. The molecule has 2 aliphatic rings. The molecule has 0 amide bonds. The Morgan fingerprint density at radius 3 is 2.76 bits per heavy atom. The van der Waals surface area contributed by atoms with Crippen LogP contribution in [0.2, 0.25) is 0 Å². The van der Waals surface area contributed by atoms with Crippen molar-refractivity contribution in [2.24, 2.45) is 11.3 Å². The monoisotopic (exact) mass is 290 g/mol. The van der Waals surface area contributed by atoms with Crippen molar-refractivity contribution in [3.63, 3.8) is 0 Å². The molecule has 2 aliphatic carbocycles. The molecule has 17 heavy (non-hydrogen) atoms. The molecule has 0 aromatic heterocycles. The minimum absolute atomic E-state index is 0.565. The summed E-state index contributed by atoms with van der Waals surface area (Å²) in [5.74, 6) is 0.952. The van der Waals surface area contributed by atoms with Crippen LogP contribution in [0.4, 0.5) is 5.69 Å². The number of hydrogen-bond acceptors (Lipinski definition) is 2. The molecule has 0 spiro atoms. The van der Waals surface area contributed by atoms with Gasteiger partial charge in [-0.15, -0.1) is 0 Å². The SMILES string of the molecule is N#Cc1c(Br)cccc1NCC1(C2CC2)CC1. The van der Waals surface area contributed by atoms with Gasteiger partial charge in [0, 0.05) is 11.0 Å². The van der Waals surface area contributed by atoms with Gasteiger partial charge in [0.15, 0.2) is 0 Å². The number of benzene rings is 1. The summed E-state index contributed by atoms with van der Waals surface area (Å²) >= 11 is 3.42. The maximum atomic E-state index is 9.15. The fraction of sp³-hybridized carbons (Fsp3) is 0.500. The summed E-state index contributed by atoms with van der Waals surface area (Å²) in [5.41, 5.74) is 2.25. The highest BCUT2D eigenvalue weighted by atomic mass is 79.9. The van der Waals surface area contributed by atoms with Crippen molar-refractivity contribution in [2.75, 3.05) is 11.9 Å². The maximum Gasteiger partial charge on any atom is 0.103 e. The van der Waals surface area contributed by atoms with E-state index in [1.807, 2.05) is 18.2 Å². The molecule has 3 heteroatoms. The van der Waals surface area contributed by atoms with E-state index in [4.69, 9.17) is 5.26 Å². The van der Waals surface area contributed by atoms with Crippen molar-refractivity contribution < 1.29 is 0 Å². The Labute approximate surface area is 110 Å². The first-order chi connectivity index (χ1) is 8.25. The van der Waals surface area contributed by atoms with Gasteiger partial charge in [0.2, 0.25) is 0 Å². The predicted molar refractivity (Wildman–Crippen MR) is 71.7 cm³/mol. The zero-order chi connectivity index (χ0) is 11.9. The molecule has 2 fully saturated rings. The molecule has 0 heterocycles. The van der Waals surface area contributed by atoms with Crippen LogP contribution >= 0.6 is 15.9 Å². The van der Waals surface area contributed by atoms with Crippen LogP contribution in [0.25, 0.3) is 0 Å². The van der Waals surface area contributed by atoms with E-state index in [-0.39, 0.29) is 0 Å². The number of halogens is 1. The standard InChI is InChI=1S/C14H15BrN2/c15-12-2-1-3-13(11(12)8-16)17-9-14(6-7-14)10-4-5-10/h1-3,10,17H,4-7,9H2. The second-order valence-corrected chi connectivity index (χ2v) is 6.12. The zero-order valence-corrected chi connectivity index (χ0v) is 11.3. The summed E-state index contributed by atoms with van der Waals surface area (Å²) < 4.78 is 0.876. The third-order valence-corrected chi connectivity index (χ3v) is 4.75. The van der Waals surface area contributed by atoms with E-state index in [0.717, 1.165) is 28.2 Å². The minimum atomic E-state index is 0.565. The highest BCUT2D eigenvalue weighted by Gasteiger charge is 2.53. The highest BCUT2D eigenvalue weighted by Crippen LogP contribution is 2.61. The second-order valence-electron chi connectivity index (χ2n) is 5.26. The van der Waals surface area contributed by atoms with Crippen molar-refractivity contribution in [3.05, 3.63) is 28.2 Å². The quantitative estimate of drug-likeness (QED) is 0.912. The Morgan fingerprint density at radius 1 is 1.41 bits per heavy atom. The van der Waals surface area contributed by atoms with Crippen LogP contribution in [0.5, 0.6) is 0 Å². The first kappa shape index (κ1) is 11.1. The molecule has 0 bridgehead atoms. The molecule has 0 aliphatic heterocycles. The van der Waals surface area contributed by atoms with E-state index in [0.29, 0.717) is 5.41 Å². The maximum absolute atomic E-state index is 9.15. The Hall–Kier alpha value is -1.01. The Bertz CT molecular complexity index is 481. The molecule has 0 unspecified atom stereocenters. The lowest BCUT2D eigenvalue weighted by molar-refractivity contribution is 0.467. The van der Waals surface area contributed by atoms with Crippen molar-refractivity contribution in [3.8, 4) is 6.07 Å². The van der Waals surface area contributed by atoms with E-state index in [2.05, 4.69) is 27.3 Å². The van der Waals surface area contributed by atoms with Crippen molar-refractivity contribution >= 4 is 21.6 Å². The van der Waals surface area contributed by atoms with Crippen LogP contribution in [0, 0.1) is 22.7 Å². The average molecular weight is 291 g/mol. The Kier molecular flexibility index (Phi) is 2.63. The molecule has 1 N–H and O–H groups in total. The van der Waals surface area contributed by atoms with Crippen LogP contribution in [-0.2, 0) is 0 Å². The molecular formula is C14H15BrN2. The van der Waals surface area contributed by atoms with Gasteiger partial charge in [-0.25, -0.2) is 0 Å². The molecule has 0 atom stereocenters. The van der Waals surface area contributed by atoms with E-state index in [1.165, 1.54) is 25.7 Å². The number of nitriles is 1. The molecule has 1 aromatic carbocycles. The molecule has 1 aromatic rings. The highest BCUT2D eigenvalue weighted by molar-refractivity contribution is 9.10. The van der Waals surface area contributed by atoms with Crippen molar-refractivity contribution in [1.29, 1.82) is 5.26 Å². The number of hydrogen-bond donors (Lipinski definition) is 1. The van der Waals surface area contributed by atoms with Crippen LogP contribution in [0.15, 0.2) is 22.7 Å². The Balaban J connectivity index is 1.73. The molecule has 0 saturated heterocycles. The van der Waals surface area contributed by atoms with Gasteiger partial charge >= 0.3 is 0 Å². The average Bonchev–Trinajstić information content (AvgIpc) is 3.17. The minimum Gasteiger partial charge on any atom is -0.383 e. The number of anilines is 1. The lowest BCUT2D eigenvalue weighted by Gasteiger charge is -2.17. The van der Waals surface area contributed by atoms with Crippen LogP contribution in [-0.4, -0.2) is 6.54 Å². The van der Waals surface area contributed by atoms with Crippen LogP contribution in [0.3, 0.4) is 0 Å². The van der Waals surface area contributed by atoms with Gasteiger partial charge in [0.25, 0.3) is 0 Å². The van der Waals surface area contributed by atoms with Gasteiger partial charge in [-0.2, -0.15) is 5.26 Å². The van der Waals surface area contributed by atoms with Crippen LogP contribution < -0.4 is 5.32 Å². The van der Waals surface area contributed by atoms with E-state index in [1.54, 1.807) is 0 Å². The lowest BCUT2D eigenvalue weighted by Crippen LogP contribution is -2.17. The summed E-state index contributed by atoms with van der Waals surface area (Å²) in [6, 6.07) is 8.14. The van der Waals surface area contributed by atoms with Gasteiger partial charge in [-0.1, -0.05) is 6.07 Å². The zero-order valence-electron chi connectivity index (χ0n) is 9.67. The smallest absolute Gasteiger partial charge is 0.103 e.